The maximum atomic E-state index is 9.81. The van der Waals surface area contributed by atoms with Crippen LogP contribution in [0.3, 0.4) is 0 Å². The molecule has 1 aliphatic rings. The Morgan fingerprint density at radius 1 is 1.12 bits per heavy atom. The van der Waals surface area contributed by atoms with E-state index in [-0.39, 0.29) is 11.6 Å². The molecule has 3 heteroatoms. The van der Waals surface area contributed by atoms with Gasteiger partial charge in [0.15, 0.2) is 0 Å². The maximum absolute atomic E-state index is 9.81. The minimum absolute atomic E-state index is 0. The third-order valence-electron chi connectivity index (χ3n) is 5.11. The standard InChI is InChI=1S/C13H24O.C7H13N.C6H14.C3H6.H2O/c1-9(2)7-12(14)8-13(10(3)4)11(5)6;1-8(2)6-7-4-3-5-7;1-4-6(3)5-2;1-3-2;/h9,12,14H,3,7-8H2,1-2,4-6H3;4H,3,5-6H2,1-2H3;6H,4-5H2,1-3H3;3H,1H2,2H3;1H2. The highest BCUT2D eigenvalue weighted by Crippen LogP contribution is 2.21. The molecule has 0 saturated carbocycles. The van der Waals surface area contributed by atoms with Crippen LogP contribution in [-0.2, 0) is 0 Å². The molecule has 3 N–H and O–H groups in total. The molecular formula is C29H59NO2. The van der Waals surface area contributed by atoms with E-state index in [9.17, 15) is 5.11 Å². The van der Waals surface area contributed by atoms with E-state index in [0.717, 1.165) is 24.3 Å². The van der Waals surface area contributed by atoms with E-state index in [4.69, 9.17) is 0 Å². The maximum Gasteiger partial charge on any atom is 0.0583 e. The number of hydrogen-bond donors (Lipinski definition) is 1. The summed E-state index contributed by atoms with van der Waals surface area (Å²) >= 11 is 0. The normalized spacial score (nSPS) is 12.4. The molecule has 0 saturated heterocycles. The number of aliphatic hydroxyl groups is 1. The van der Waals surface area contributed by atoms with Gasteiger partial charge in [0.1, 0.15) is 0 Å². The summed E-state index contributed by atoms with van der Waals surface area (Å²) in [5, 5.41) is 9.81. The molecule has 1 aliphatic carbocycles. The first-order valence-electron chi connectivity index (χ1n) is 12.3. The van der Waals surface area contributed by atoms with Crippen molar-refractivity contribution in [2.45, 2.75) is 107 Å². The predicted molar refractivity (Wildman–Crippen MR) is 148 cm³/mol. The lowest BCUT2D eigenvalue weighted by Crippen LogP contribution is -2.17. The lowest BCUT2D eigenvalue weighted by molar-refractivity contribution is 0.149. The summed E-state index contributed by atoms with van der Waals surface area (Å²) in [6, 6.07) is 0. The summed E-state index contributed by atoms with van der Waals surface area (Å²) in [5.41, 5.74) is 5.17. The summed E-state index contributed by atoms with van der Waals surface area (Å²) in [4.78, 5) is 2.21. The van der Waals surface area contributed by atoms with Gasteiger partial charge in [0.25, 0.3) is 0 Å². The summed E-state index contributed by atoms with van der Waals surface area (Å²) < 4.78 is 0. The molecule has 0 aromatic rings. The molecule has 0 amide bonds. The molecule has 192 valence electrons. The van der Waals surface area contributed by atoms with E-state index in [1.54, 1.807) is 11.6 Å². The fraction of sp³-hybridized carbons (Fsp3) is 0.724. The van der Waals surface area contributed by atoms with E-state index in [1.807, 2.05) is 13.8 Å². The minimum Gasteiger partial charge on any atom is -0.412 e. The van der Waals surface area contributed by atoms with Gasteiger partial charge in [0.05, 0.1) is 6.10 Å². The highest BCUT2D eigenvalue weighted by Gasteiger charge is 2.11. The van der Waals surface area contributed by atoms with Gasteiger partial charge in [-0.1, -0.05) is 82.9 Å². The average molecular weight is 454 g/mol. The SMILES string of the molecule is C=C(C)C(CC(O)CC(C)C)=C(C)C.C=CC.CCC(C)CC.CN(C)CC1=CCC1.O. The summed E-state index contributed by atoms with van der Waals surface area (Å²) in [6.45, 7) is 27.5. The molecule has 1 atom stereocenters. The molecule has 0 aliphatic heterocycles. The van der Waals surface area contributed by atoms with Crippen molar-refractivity contribution in [3.63, 3.8) is 0 Å². The average Bonchev–Trinajstić information content (AvgIpc) is 2.62. The van der Waals surface area contributed by atoms with Gasteiger partial charge in [0, 0.05) is 6.54 Å². The second-order valence-electron chi connectivity index (χ2n) is 9.72. The Labute approximate surface area is 202 Å². The van der Waals surface area contributed by atoms with E-state index >= 15 is 0 Å². The summed E-state index contributed by atoms with van der Waals surface area (Å²) in [6.07, 6.45) is 10.8. The fourth-order valence-electron chi connectivity index (χ4n) is 2.86. The van der Waals surface area contributed by atoms with Gasteiger partial charge in [-0.25, -0.2) is 0 Å². The Morgan fingerprint density at radius 3 is 1.72 bits per heavy atom. The number of hydrogen-bond acceptors (Lipinski definition) is 2. The molecule has 0 spiro atoms. The number of allylic oxidation sites excluding steroid dienone is 4. The highest BCUT2D eigenvalue weighted by molar-refractivity contribution is 5.30. The van der Waals surface area contributed by atoms with Crippen molar-refractivity contribution in [1.29, 1.82) is 0 Å². The lowest BCUT2D eigenvalue weighted by Gasteiger charge is -2.18. The van der Waals surface area contributed by atoms with Gasteiger partial charge < -0.3 is 15.5 Å². The van der Waals surface area contributed by atoms with Crippen LogP contribution in [0.15, 0.2) is 47.6 Å². The first-order valence-corrected chi connectivity index (χ1v) is 12.3. The van der Waals surface area contributed by atoms with Crippen LogP contribution in [0.2, 0.25) is 0 Å². The third kappa shape index (κ3) is 26.9. The zero-order valence-electron chi connectivity index (χ0n) is 23.6. The van der Waals surface area contributed by atoms with Crippen molar-refractivity contribution in [3.8, 4) is 0 Å². The Hall–Kier alpha value is -1.16. The first kappa shape index (κ1) is 38.1. The van der Waals surface area contributed by atoms with Crippen molar-refractivity contribution < 1.29 is 10.6 Å². The zero-order valence-corrected chi connectivity index (χ0v) is 23.6. The largest absolute Gasteiger partial charge is 0.412 e. The quantitative estimate of drug-likeness (QED) is 0.286. The van der Waals surface area contributed by atoms with Gasteiger partial charge in [0.2, 0.25) is 0 Å². The molecule has 0 bridgehead atoms. The van der Waals surface area contributed by atoms with Crippen LogP contribution >= 0.6 is 0 Å². The molecule has 1 unspecified atom stereocenters. The van der Waals surface area contributed by atoms with Crippen molar-refractivity contribution in [1.82, 2.24) is 4.90 Å². The van der Waals surface area contributed by atoms with Crippen LogP contribution in [0, 0.1) is 11.8 Å². The van der Waals surface area contributed by atoms with Gasteiger partial charge in [-0.3, -0.25) is 0 Å². The van der Waals surface area contributed by atoms with Crippen molar-refractivity contribution >= 4 is 0 Å². The molecule has 0 radical (unpaired) electrons. The smallest absolute Gasteiger partial charge is 0.0583 e. The molecule has 1 rings (SSSR count). The van der Waals surface area contributed by atoms with Gasteiger partial charge in [-0.05, 0) is 84.9 Å². The van der Waals surface area contributed by atoms with Crippen LogP contribution in [0.1, 0.15) is 101 Å². The van der Waals surface area contributed by atoms with Gasteiger partial charge >= 0.3 is 0 Å². The Morgan fingerprint density at radius 2 is 1.56 bits per heavy atom. The molecule has 0 aromatic heterocycles. The van der Waals surface area contributed by atoms with E-state index in [2.05, 4.69) is 86.7 Å². The van der Waals surface area contributed by atoms with Crippen LogP contribution in [0.4, 0.5) is 0 Å². The van der Waals surface area contributed by atoms with Crippen LogP contribution in [0.5, 0.6) is 0 Å². The molecular weight excluding hydrogens is 394 g/mol. The van der Waals surface area contributed by atoms with Crippen molar-refractivity contribution in [2.24, 2.45) is 11.8 Å². The number of rotatable bonds is 9. The van der Waals surface area contributed by atoms with E-state index in [0.29, 0.717) is 5.92 Å². The van der Waals surface area contributed by atoms with Crippen LogP contribution in [-0.4, -0.2) is 42.2 Å². The van der Waals surface area contributed by atoms with Crippen molar-refractivity contribution in [3.05, 3.63) is 47.6 Å². The molecule has 0 aromatic carbocycles. The van der Waals surface area contributed by atoms with E-state index < -0.39 is 0 Å². The number of nitrogens with zero attached hydrogens (tertiary/aromatic N) is 1. The Bertz CT molecular complexity index is 507. The highest BCUT2D eigenvalue weighted by atomic mass is 16.3. The van der Waals surface area contributed by atoms with Crippen LogP contribution in [0.25, 0.3) is 0 Å². The predicted octanol–water partition coefficient (Wildman–Crippen LogP) is 7.77. The summed E-state index contributed by atoms with van der Waals surface area (Å²) in [7, 11) is 4.22. The molecule has 0 fully saturated rings. The molecule has 3 nitrogen and oxygen atoms in total. The molecule has 0 heterocycles. The minimum atomic E-state index is -0.225. The zero-order chi connectivity index (χ0) is 25.0. The number of likely N-dealkylation sites (N-methyl/N-ethyl adjacent to an activating group) is 1. The second kappa shape index (κ2) is 24.5. The number of aliphatic hydroxyl groups excluding tert-OH is 1. The van der Waals surface area contributed by atoms with E-state index in [1.165, 1.54) is 43.4 Å². The third-order valence-corrected chi connectivity index (χ3v) is 5.11. The van der Waals surface area contributed by atoms with Crippen LogP contribution < -0.4 is 0 Å². The van der Waals surface area contributed by atoms with Gasteiger partial charge in [-0.15, -0.1) is 6.58 Å². The lowest BCUT2D eigenvalue weighted by atomic mass is 9.94. The van der Waals surface area contributed by atoms with Crippen molar-refractivity contribution in [2.75, 3.05) is 20.6 Å². The fourth-order valence-corrected chi connectivity index (χ4v) is 2.86. The summed E-state index contributed by atoms with van der Waals surface area (Å²) in [5.74, 6) is 1.48. The molecule has 32 heavy (non-hydrogen) atoms. The van der Waals surface area contributed by atoms with Gasteiger partial charge in [-0.2, -0.15) is 0 Å². The Balaban J connectivity index is -0.000000184. The second-order valence-corrected chi connectivity index (χ2v) is 9.72. The topological polar surface area (TPSA) is 55.0 Å². The monoisotopic (exact) mass is 453 g/mol. The first-order chi connectivity index (χ1) is 14.4. The Kier molecular flexibility index (Phi) is 29.2.